The Balaban J connectivity index is 2.04. The highest BCUT2D eigenvalue weighted by Gasteiger charge is 2.11. The molecule has 1 atom stereocenters. The lowest BCUT2D eigenvalue weighted by molar-refractivity contribution is 0.606. The Morgan fingerprint density at radius 1 is 1.20 bits per heavy atom. The normalized spacial score (nSPS) is 12.3. The molecule has 0 bridgehead atoms. The topological polar surface area (TPSA) is 12.0 Å². The Kier molecular flexibility index (Phi) is 5.89. The van der Waals surface area contributed by atoms with Gasteiger partial charge in [0.1, 0.15) is 5.82 Å². The Bertz CT molecular complexity index is 544. The molecule has 0 amide bonds. The van der Waals surface area contributed by atoms with Crippen LogP contribution in [0.25, 0.3) is 0 Å². The smallest absolute Gasteiger partial charge is 0.123 e. The van der Waals surface area contributed by atoms with Gasteiger partial charge in [0.25, 0.3) is 0 Å². The van der Waals surface area contributed by atoms with Crippen LogP contribution in [0.15, 0.2) is 53.4 Å². The SMILES string of the molecule is CCNC(CSc1ccc(F)cc1)c1cccc(Cl)c1. The van der Waals surface area contributed by atoms with Crippen molar-refractivity contribution < 1.29 is 4.39 Å². The van der Waals surface area contributed by atoms with Gasteiger partial charge in [0, 0.05) is 21.7 Å². The fraction of sp³-hybridized carbons (Fsp3) is 0.250. The van der Waals surface area contributed by atoms with E-state index in [1.54, 1.807) is 23.9 Å². The monoisotopic (exact) mass is 309 g/mol. The number of hydrogen-bond acceptors (Lipinski definition) is 2. The highest BCUT2D eigenvalue weighted by Crippen LogP contribution is 2.26. The molecule has 4 heteroatoms. The number of nitrogens with one attached hydrogen (secondary N) is 1. The zero-order chi connectivity index (χ0) is 14.4. The summed E-state index contributed by atoms with van der Waals surface area (Å²) in [4.78, 5) is 1.07. The molecule has 0 saturated heterocycles. The summed E-state index contributed by atoms with van der Waals surface area (Å²) in [5.74, 6) is 0.673. The van der Waals surface area contributed by atoms with Crippen molar-refractivity contribution in [3.05, 3.63) is 64.9 Å². The van der Waals surface area contributed by atoms with Gasteiger partial charge in [0.2, 0.25) is 0 Å². The molecule has 0 aromatic heterocycles. The highest BCUT2D eigenvalue weighted by molar-refractivity contribution is 7.99. The quantitative estimate of drug-likeness (QED) is 0.760. The van der Waals surface area contributed by atoms with Crippen LogP contribution in [0, 0.1) is 5.82 Å². The molecule has 1 unspecified atom stereocenters. The minimum atomic E-state index is -0.201. The van der Waals surface area contributed by atoms with Crippen molar-refractivity contribution >= 4 is 23.4 Å². The van der Waals surface area contributed by atoms with Crippen LogP contribution in [0.1, 0.15) is 18.5 Å². The molecular formula is C16H17ClFNS. The second-order valence-electron chi connectivity index (χ2n) is 4.43. The van der Waals surface area contributed by atoms with E-state index in [1.165, 1.54) is 17.7 Å². The fourth-order valence-electron chi connectivity index (χ4n) is 1.95. The van der Waals surface area contributed by atoms with Crippen molar-refractivity contribution in [2.24, 2.45) is 0 Å². The van der Waals surface area contributed by atoms with E-state index in [9.17, 15) is 4.39 Å². The van der Waals surface area contributed by atoms with Crippen molar-refractivity contribution in [1.82, 2.24) is 5.32 Å². The number of halogens is 2. The van der Waals surface area contributed by atoms with Gasteiger partial charge in [-0.3, -0.25) is 0 Å². The van der Waals surface area contributed by atoms with E-state index >= 15 is 0 Å². The van der Waals surface area contributed by atoms with Crippen LogP contribution in [-0.2, 0) is 0 Å². The molecule has 0 fully saturated rings. The minimum absolute atomic E-state index is 0.201. The molecule has 0 aliphatic carbocycles. The molecule has 2 aromatic carbocycles. The highest BCUT2D eigenvalue weighted by atomic mass is 35.5. The second-order valence-corrected chi connectivity index (χ2v) is 5.96. The summed E-state index contributed by atoms with van der Waals surface area (Å²) in [6, 6.07) is 14.7. The molecule has 0 aliphatic rings. The van der Waals surface area contributed by atoms with Crippen LogP contribution < -0.4 is 5.32 Å². The Morgan fingerprint density at radius 3 is 2.60 bits per heavy atom. The zero-order valence-corrected chi connectivity index (χ0v) is 12.8. The van der Waals surface area contributed by atoms with Crippen molar-refractivity contribution in [3.63, 3.8) is 0 Å². The van der Waals surface area contributed by atoms with Gasteiger partial charge in [0.05, 0.1) is 0 Å². The van der Waals surface area contributed by atoms with E-state index < -0.39 is 0 Å². The molecule has 0 heterocycles. The Hall–Kier alpha value is -1.03. The van der Waals surface area contributed by atoms with E-state index in [0.29, 0.717) is 0 Å². The maximum atomic E-state index is 12.9. The number of rotatable bonds is 6. The summed E-state index contributed by atoms with van der Waals surface area (Å²) >= 11 is 7.75. The van der Waals surface area contributed by atoms with Gasteiger partial charge in [-0.05, 0) is 48.5 Å². The van der Waals surface area contributed by atoms with E-state index in [0.717, 1.165) is 22.2 Å². The van der Waals surface area contributed by atoms with Crippen molar-refractivity contribution in [2.75, 3.05) is 12.3 Å². The van der Waals surface area contributed by atoms with Crippen molar-refractivity contribution in [3.8, 4) is 0 Å². The molecule has 0 radical (unpaired) electrons. The molecule has 106 valence electrons. The largest absolute Gasteiger partial charge is 0.309 e. The molecule has 0 saturated carbocycles. The van der Waals surface area contributed by atoms with E-state index in [4.69, 9.17) is 11.6 Å². The van der Waals surface area contributed by atoms with Gasteiger partial charge >= 0.3 is 0 Å². The van der Waals surface area contributed by atoms with Gasteiger partial charge in [-0.1, -0.05) is 30.7 Å². The first-order chi connectivity index (χ1) is 9.69. The molecule has 1 nitrogen and oxygen atoms in total. The molecule has 2 aromatic rings. The van der Waals surface area contributed by atoms with Gasteiger partial charge in [-0.2, -0.15) is 0 Å². The molecule has 0 aliphatic heterocycles. The van der Waals surface area contributed by atoms with Crippen molar-refractivity contribution in [1.29, 1.82) is 0 Å². The number of hydrogen-bond donors (Lipinski definition) is 1. The summed E-state index contributed by atoms with van der Waals surface area (Å²) in [5.41, 5.74) is 1.17. The van der Waals surface area contributed by atoms with E-state index in [2.05, 4.69) is 18.3 Å². The van der Waals surface area contributed by atoms with Crippen LogP contribution in [0.3, 0.4) is 0 Å². The first-order valence-electron chi connectivity index (χ1n) is 6.56. The summed E-state index contributed by atoms with van der Waals surface area (Å²) < 4.78 is 12.9. The summed E-state index contributed by atoms with van der Waals surface area (Å²) in [6.45, 7) is 2.97. The van der Waals surface area contributed by atoms with Gasteiger partial charge in [-0.25, -0.2) is 4.39 Å². The predicted molar refractivity (Wildman–Crippen MR) is 85.0 cm³/mol. The number of thioether (sulfide) groups is 1. The predicted octanol–water partition coefficient (Wildman–Crippen LogP) is 4.92. The lowest BCUT2D eigenvalue weighted by Crippen LogP contribution is -2.22. The van der Waals surface area contributed by atoms with Crippen molar-refractivity contribution in [2.45, 2.75) is 17.9 Å². The van der Waals surface area contributed by atoms with Gasteiger partial charge in [-0.15, -0.1) is 11.8 Å². The van der Waals surface area contributed by atoms with Crippen LogP contribution in [0.2, 0.25) is 5.02 Å². The molecule has 20 heavy (non-hydrogen) atoms. The van der Waals surface area contributed by atoms with Crippen LogP contribution in [0.4, 0.5) is 4.39 Å². The maximum absolute atomic E-state index is 12.9. The molecule has 2 rings (SSSR count). The first-order valence-corrected chi connectivity index (χ1v) is 7.92. The van der Waals surface area contributed by atoms with Crippen LogP contribution >= 0.6 is 23.4 Å². The average Bonchev–Trinajstić information content (AvgIpc) is 2.45. The summed E-state index contributed by atoms with van der Waals surface area (Å²) in [5, 5.41) is 4.20. The van der Waals surface area contributed by atoms with E-state index in [-0.39, 0.29) is 11.9 Å². The maximum Gasteiger partial charge on any atom is 0.123 e. The minimum Gasteiger partial charge on any atom is -0.309 e. The summed E-state index contributed by atoms with van der Waals surface area (Å²) in [7, 11) is 0. The third-order valence-corrected chi connectivity index (χ3v) is 4.27. The second kappa shape index (κ2) is 7.67. The summed E-state index contributed by atoms with van der Waals surface area (Å²) in [6.07, 6.45) is 0. The molecule has 0 spiro atoms. The molecule has 1 N–H and O–H groups in total. The van der Waals surface area contributed by atoms with E-state index in [1.807, 2.05) is 18.2 Å². The van der Waals surface area contributed by atoms with Crippen LogP contribution in [0.5, 0.6) is 0 Å². The third-order valence-electron chi connectivity index (χ3n) is 2.93. The lowest BCUT2D eigenvalue weighted by atomic mass is 10.1. The first kappa shape index (κ1) is 15.4. The number of benzene rings is 2. The van der Waals surface area contributed by atoms with Gasteiger partial charge < -0.3 is 5.32 Å². The lowest BCUT2D eigenvalue weighted by Gasteiger charge is -2.18. The Labute approximate surface area is 128 Å². The standard InChI is InChI=1S/C16H17ClFNS/c1-2-19-16(12-4-3-5-13(17)10-12)11-20-15-8-6-14(18)7-9-15/h3-10,16,19H,2,11H2,1H3. The fourth-order valence-corrected chi connectivity index (χ4v) is 3.15. The third kappa shape index (κ3) is 4.51. The average molecular weight is 310 g/mol. The molecular weight excluding hydrogens is 293 g/mol. The van der Waals surface area contributed by atoms with Crippen LogP contribution in [-0.4, -0.2) is 12.3 Å². The zero-order valence-electron chi connectivity index (χ0n) is 11.3. The van der Waals surface area contributed by atoms with Gasteiger partial charge in [0.15, 0.2) is 0 Å². The Morgan fingerprint density at radius 2 is 1.95 bits per heavy atom.